The van der Waals surface area contributed by atoms with E-state index in [9.17, 15) is 25.8 Å². The van der Waals surface area contributed by atoms with E-state index in [0.717, 1.165) is 0 Å². The van der Waals surface area contributed by atoms with Crippen molar-refractivity contribution in [3.05, 3.63) is 11.8 Å². The molecule has 2 rings (SSSR count). The topological polar surface area (TPSA) is 60.4 Å². The maximum Gasteiger partial charge on any atom is 0.534 e. The van der Waals surface area contributed by atoms with Gasteiger partial charge in [0.1, 0.15) is 5.76 Å². The molecule has 0 N–H and O–H groups in total. The van der Waals surface area contributed by atoms with Crippen molar-refractivity contribution in [2.45, 2.75) is 35.3 Å². The van der Waals surface area contributed by atoms with E-state index in [1.165, 1.54) is 6.08 Å². The number of hydrogen-bond acceptors (Lipinski definition) is 4. The van der Waals surface area contributed by atoms with Crippen molar-refractivity contribution in [1.82, 2.24) is 0 Å². The lowest BCUT2D eigenvalue weighted by atomic mass is 10.2. The predicted octanol–water partition coefficient (Wildman–Crippen LogP) is 1.42. The van der Waals surface area contributed by atoms with Crippen LogP contribution < -0.4 is 0 Å². The van der Waals surface area contributed by atoms with Crippen molar-refractivity contribution in [2.75, 3.05) is 0 Å². The molecule has 3 unspecified atom stereocenters. The van der Waals surface area contributed by atoms with Crippen LogP contribution in [0.15, 0.2) is 11.8 Å². The highest BCUT2D eigenvalue weighted by Crippen LogP contribution is 2.37. The first-order valence-corrected chi connectivity index (χ1v) is 7.50. The molecule has 0 aliphatic carbocycles. The molecule has 0 saturated carbocycles. The minimum absolute atomic E-state index is 0.0155. The third kappa shape index (κ3) is 2.35. The zero-order valence-electron chi connectivity index (χ0n) is 8.44. The standard InChI is InChI=1S/C8H9F3O4S2/c9-8(10,11)17(13,14)15-5-3-6-1-2-7(4-5)16(6)12/h3,6-7H,1-2,4H2. The Hall–Kier alpha value is -0.570. The number of fused-ring (bicyclic) bond motifs is 2. The number of alkyl halides is 3. The monoisotopic (exact) mass is 290 g/mol. The molecule has 1 fully saturated rings. The van der Waals surface area contributed by atoms with Gasteiger partial charge in [0.2, 0.25) is 0 Å². The van der Waals surface area contributed by atoms with Gasteiger partial charge >= 0.3 is 15.6 Å². The summed E-state index contributed by atoms with van der Waals surface area (Å²) in [6, 6.07) is 0. The molecule has 9 heteroatoms. The van der Waals surface area contributed by atoms with Crippen LogP contribution in [-0.2, 0) is 25.1 Å². The van der Waals surface area contributed by atoms with E-state index in [-0.39, 0.29) is 22.7 Å². The summed E-state index contributed by atoms with van der Waals surface area (Å²) in [6.45, 7) is 0. The second-order valence-electron chi connectivity index (χ2n) is 3.89. The van der Waals surface area contributed by atoms with Crippen molar-refractivity contribution < 1.29 is 30.0 Å². The fraction of sp³-hybridized carbons (Fsp3) is 0.750. The van der Waals surface area contributed by atoms with Gasteiger partial charge in [-0.15, -0.1) is 0 Å². The van der Waals surface area contributed by atoms with Gasteiger partial charge in [-0.05, 0) is 18.9 Å². The summed E-state index contributed by atoms with van der Waals surface area (Å²) in [7, 11) is -6.72. The fourth-order valence-corrected chi connectivity index (χ4v) is 4.26. The molecule has 98 valence electrons. The summed E-state index contributed by atoms with van der Waals surface area (Å²) in [5.74, 6) is -0.241. The van der Waals surface area contributed by atoms with Crippen molar-refractivity contribution in [2.24, 2.45) is 0 Å². The van der Waals surface area contributed by atoms with Gasteiger partial charge in [-0.25, -0.2) is 0 Å². The molecule has 2 aliphatic rings. The van der Waals surface area contributed by atoms with Gasteiger partial charge in [0.25, 0.3) is 0 Å². The zero-order valence-corrected chi connectivity index (χ0v) is 10.1. The Labute approximate surface area is 98.4 Å². The molecule has 2 aliphatic heterocycles. The second kappa shape index (κ2) is 3.98. The molecule has 0 aromatic carbocycles. The minimum atomic E-state index is -5.60. The zero-order chi connectivity index (χ0) is 12.8. The van der Waals surface area contributed by atoms with Crippen LogP contribution in [0, 0.1) is 0 Å². The van der Waals surface area contributed by atoms with Gasteiger partial charge < -0.3 is 4.18 Å². The Morgan fingerprint density at radius 3 is 2.53 bits per heavy atom. The van der Waals surface area contributed by atoms with Crippen LogP contribution in [0.2, 0.25) is 0 Å². The van der Waals surface area contributed by atoms with Crippen LogP contribution in [0.4, 0.5) is 13.2 Å². The predicted molar refractivity (Wildman–Crippen MR) is 53.7 cm³/mol. The van der Waals surface area contributed by atoms with Gasteiger partial charge in [-0.1, -0.05) is 0 Å². The highest BCUT2D eigenvalue weighted by molar-refractivity contribution is 7.87. The number of halogens is 3. The summed E-state index contributed by atoms with van der Waals surface area (Å²) in [5.41, 5.74) is -5.43. The van der Waals surface area contributed by atoms with E-state index in [2.05, 4.69) is 4.18 Å². The van der Waals surface area contributed by atoms with E-state index in [4.69, 9.17) is 0 Å². The summed E-state index contributed by atoms with van der Waals surface area (Å²) in [5, 5.41) is -0.671. The third-order valence-electron chi connectivity index (χ3n) is 2.70. The Balaban J connectivity index is 2.18. The van der Waals surface area contributed by atoms with Crippen molar-refractivity contribution in [1.29, 1.82) is 0 Å². The lowest BCUT2D eigenvalue weighted by Gasteiger charge is -2.19. The summed E-state index contributed by atoms with van der Waals surface area (Å²) < 4.78 is 73.3. The number of allylic oxidation sites excluding steroid dienone is 1. The summed E-state index contributed by atoms with van der Waals surface area (Å²) in [6.07, 6.45) is 2.43. The molecular weight excluding hydrogens is 281 g/mol. The summed E-state index contributed by atoms with van der Waals surface area (Å²) >= 11 is 0. The van der Waals surface area contributed by atoms with Crippen molar-refractivity contribution in [3.8, 4) is 0 Å². The second-order valence-corrected chi connectivity index (χ2v) is 7.35. The van der Waals surface area contributed by atoms with E-state index in [1.807, 2.05) is 0 Å². The summed E-state index contributed by atoms with van der Waals surface area (Å²) in [4.78, 5) is 0. The number of hydrogen-bond donors (Lipinski definition) is 0. The maximum atomic E-state index is 12.1. The molecule has 1 saturated heterocycles. The molecule has 0 amide bonds. The van der Waals surface area contributed by atoms with Crippen LogP contribution in [0.25, 0.3) is 0 Å². The molecule has 2 bridgehead atoms. The average molecular weight is 290 g/mol. The molecular formula is C8H9F3O4S2. The largest absolute Gasteiger partial charge is 0.534 e. The highest BCUT2D eigenvalue weighted by Gasteiger charge is 2.49. The van der Waals surface area contributed by atoms with Crippen molar-refractivity contribution in [3.63, 3.8) is 0 Å². The van der Waals surface area contributed by atoms with Gasteiger partial charge in [0.15, 0.2) is 0 Å². The van der Waals surface area contributed by atoms with E-state index >= 15 is 0 Å². The van der Waals surface area contributed by atoms with E-state index in [0.29, 0.717) is 12.8 Å². The average Bonchev–Trinajstić information content (AvgIpc) is 2.42. The Kier molecular flexibility index (Phi) is 3.01. The van der Waals surface area contributed by atoms with Gasteiger partial charge in [0.05, 0.1) is 5.25 Å². The Bertz CT molecular complexity index is 479. The molecule has 0 aromatic heterocycles. The first-order chi connectivity index (χ1) is 7.71. The van der Waals surface area contributed by atoms with Crippen molar-refractivity contribution >= 4 is 20.9 Å². The van der Waals surface area contributed by atoms with Gasteiger partial charge in [-0.2, -0.15) is 21.6 Å². The highest BCUT2D eigenvalue weighted by atomic mass is 32.2. The van der Waals surface area contributed by atoms with E-state index < -0.39 is 26.4 Å². The quantitative estimate of drug-likeness (QED) is 0.570. The maximum absolute atomic E-state index is 12.1. The van der Waals surface area contributed by atoms with Gasteiger partial charge in [-0.3, -0.25) is 4.21 Å². The lowest BCUT2D eigenvalue weighted by Crippen LogP contribution is -2.28. The Morgan fingerprint density at radius 2 is 2.00 bits per heavy atom. The molecule has 4 nitrogen and oxygen atoms in total. The minimum Gasteiger partial charge on any atom is -0.381 e. The van der Waals surface area contributed by atoms with Crippen LogP contribution >= 0.6 is 0 Å². The molecule has 0 spiro atoms. The Morgan fingerprint density at radius 1 is 1.35 bits per heavy atom. The molecule has 17 heavy (non-hydrogen) atoms. The van der Waals surface area contributed by atoms with Gasteiger partial charge in [0, 0.05) is 22.5 Å². The SMILES string of the molecule is O=S1C2C=C(OS(=O)(=O)C(F)(F)F)CC1CC2. The van der Waals surface area contributed by atoms with Crippen LogP contribution in [-0.4, -0.2) is 28.6 Å². The first kappa shape index (κ1) is 12.9. The lowest BCUT2D eigenvalue weighted by molar-refractivity contribution is -0.0523. The third-order valence-corrected chi connectivity index (χ3v) is 5.73. The molecule has 2 heterocycles. The smallest absolute Gasteiger partial charge is 0.381 e. The van der Waals surface area contributed by atoms with Crippen LogP contribution in [0.3, 0.4) is 0 Å². The van der Waals surface area contributed by atoms with E-state index in [1.54, 1.807) is 0 Å². The molecule has 3 atom stereocenters. The fourth-order valence-electron chi connectivity index (χ4n) is 1.91. The normalized spacial score (nSPS) is 33.4. The molecule has 0 radical (unpaired) electrons. The van der Waals surface area contributed by atoms with Crippen LogP contribution in [0.5, 0.6) is 0 Å². The van der Waals surface area contributed by atoms with Crippen LogP contribution in [0.1, 0.15) is 19.3 Å². The molecule has 0 aromatic rings. The first-order valence-electron chi connectivity index (χ1n) is 4.81. The number of rotatable bonds is 2.